The molecule has 0 bridgehead atoms. The minimum Gasteiger partial charge on any atom is -0.266 e. The van der Waals surface area contributed by atoms with E-state index in [1.165, 1.54) is 0 Å². The lowest BCUT2D eigenvalue weighted by atomic mass is 10.7. The van der Waals surface area contributed by atoms with Gasteiger partial charge >= 0.3 is 12.3 Å². The molecule has 2 nitrogen and oxygen atoms in total. The molecule has 0 saturated heterocycles. The predicted molar refractivity (Wildman–Crippen MR) is 20.6 cm³/mol. The molecule has 0 spiro atoms. The van der Waals surface area contributed by atoms with Crippen LogP contribution in [0.4, 0.5) is 8.78 Å². The Morgan fingerprint density at radius 3 is 2.14 bits per heavy atom. The van der Waals surface area contributed by atoms with Gasteiger partial charge in [0, 0.05) is 0 Å². The van der Waals surface area contributed by atoms with E-state index in [2.05, 4.69) is 11.7 Å². The fourth-order valence-electron chi connectivity index (χ4n) is 0.0690. The van der Waals surface area contributed by atoms with Gasteiger partial charge < -0.3 is 0 Å². The first-order chi connectivity index (χ1) is 3.18. The monoisotopic (exact) mass is 107 g/mol. The Morgan fingerprint density at radius 2 is 2.14 bits per heavy atom. The van der Waals surface area contributed by atoms with Crippen LogP contribution >= 0.6 is 0 Å². The summed E-state index contributed by atoms with van der Waals surface area (Å²) in [6.07, 6.45) is -3.00. The minimum absolute atomic E-state index is 1.47. The third-order valence-corrected chi connectivity index (χ3v) is 0.343. The lowest BCUT2D eigenvalue weighted by Crippen LogP contribution is -2.04. The molecule has 0 fully saturated rings. The van der Waals surface area contributed by atoms with Crippen LogP contribution in [-0.2, 0) is 4.79 Å². The minimum atomic E-state index is -3.00. The molecule has 0 aromatic heterocycles. The van der Waals surface area contributed by atoms with Crippen LogP contribution in [0.15, 0.2) is 4.99 Å². The SMILES string of the molecule is C=NC(=O)C(F)F. The van der Waals surface area contributed by atoms with Gasteiger partial charge in [-0.15, -0.1) is 0 Å². The number of rotatable bonds is 1. The first kappa shape index (κ1) is 6.20. The van der Waals surface area contributed by atoms with Crippen molar-refractivity contribution in [3.05, 3.63) is 0 Å². The Kier molecular flexibility index (Phi) is 2.11. The molecule has 0 aromatic carbocycles. The van der Waals surface area contributed by atoms with Crippen LogP contribution in [-0.4, -0.2) is 19.1 Å². The number of amides is 1. The number of hydrogen-bond donors (Lipinski definition) is 0. The molecule has 0 atom stereocenters. The molecule has 0 heterocycles. The standard InChI is InChI=1S/C3H3F2NO/c1-6-3(7)2(4)5/h2H,1H2. The zero-order valence-corrected chi connectivity index (χ0v) is 3.40. The van der Waals surface area contributed by atoms with Crippen molar-refractivity contribution in [1.82, 2.24) is 0 Å². The normalized spacial score (nSPS) is 9.00. The third-order valence-electron chi connectivity index (χ3n) is 0.343. The van der Waals surface area contributed by atoms with E-state index in [1.807, 2.05) is 0 Å². The number of alkyl halides is 2. The molecule has 0 unspecified atom stereocenters. The van der Waals surface area contributed by atoms with E-state index < -0.39 is 12.3 Å². The molecule has 0 N–H and O–H groups in total. The largest absolute Gasteiger partial charge is 0.317 e. The van der Waals surface area contributed by atoms with E-state index in [4.69, 9.17) is 0 Å². The number of carbonyl (C=O) groups excluding carboxylic acids is 1. The molecule has 1 amide bonds. The molecule has 7 heavy (non-hydrogen) atoms. The molecule has 40 valence electrons. The van der Waals surface area contributed by atoms with Crippen LogP contribution in [0.3, 0.4) is 0 Å². The van der Waals surface area contributed by atoms with Gasteiger partial charge in [0.2, 0.25) is 0 Å². The summed E-state index contributed by atoms with van der Waals surface area (Å²) in [5, 5.41) is 0. The average molecular weight is 107 g/mol. The fourth-order valence-corrected chi connectivity index (χ4v) is 0.0690. The molecule has 0 aliphatic heterocycles. The van der Waals surface area contributed by atoms with Gasteiger partial charge in [-0.1, -0.05) is 0 Å². The molecule has 0 rings (SSSR count). The molecule has 0 aromatic rings. The summed E-state index contributed by atoms with van der Waals surface area (Å²) in [6.45, 7) is 2.60. The summed E-state index contributed by atoms with van der Waals surface area (Å²) in [4.78, 5) is 12.0. The predicted octanol–water partition coefficient (Wildman–Crippen LogP) is 0.479. The Hall–Kier alpha value is -0.800. The second-order valence-electron chi connectivity index (χ2n) is 0.797. The number of hydrogen-bond acceptors (Lipinski definition) is 1. The summed E-state index contributed by atoms with van der Waals surface area (Å²) >= 11 is 0. The Labute approximate surface area is 38.9 Å². The molecule has 0 aliphatic carbocycles. The van der Waals surface area contributed by atoms with E-state index >= 15 is 0 Å². The van der Waals surface area contributed by atoms with Gasteiger partial charge in [0.1, 0.15) is 0 Å². The first-order valence-corrected chi connectivity index (χ1v) is 1.47. The van der Waals surface area contributed by atoms with Gasteiger partial charge in [0.15, 0.2) is 0 Å². The van der Waals surface area contributed by atoms with Crippen LogP contribution in [0.2, 0.25) is 0 Å². The smallest absolute Gasteiger partial charge is 0.266 e. The van der Waals surface area contributed by atoms with E-state index in [0.29, 0.717) is 0 Å². The molecule has 0 radical (unpaired) electrons. The molecule has 0 aliphatic rings. The lowest BCUT2D eigenvalue weighted by Gasteiger charge is -1.83. The van der Waals surface area contributed by atoms with Gasteiger partial charge in [-0.3, -0.25) is 4.79 Å². The highest BCUT2D eigenvalue weighted by Crippen LogP contribution is 1.92. The fraction of sp³-hybridized carbons (Fsp3) is 0.333. The molecule has 4 heteroatoms. The van der Waals surface area contributed by atoms with Crippen LogP contribution in [0.1, 0.15) is 0 Å². The van der Waals surface area contributed by atoms with Crippen molar-refractivity contribution in [2.45, 2.75) is 6.43 Å². The van der Waals surface area contributed by atoms with Gasteiger partial charge in [-0.25, -0.2) is 4.99 Å². The lowest BCUT2D eigenvalue weighted by molar-refractivity contribution is -0.127. The average Bonchev–Trinajstić information content (AvgIpc) is 1.65. The van der Waals surface area contributed by atoms with Crippen molar-refractivity contribution in [3.63, 3.8) is 0 Å². The Bertz CT molecular complexity index is 90.9. The van der Waals surface area contributed by atoms with Crippen molar-refractivity contribution in [2.24, 2.45) is 4.99 Å². The quantitative estimate of drug-likeness (QED) is 0.448. The van der Waals surface area contributed by atoms with Gasteiger partial charge in [0.05, 0.1) is 0 Å². The van der Waals surface area contributed by atoms with Gasteiger partial charge in [-0.2, -0.15) is 8.78 Å². The maximum atomic E-state index is 10.9. The second kappa shape index (κ2) is 2.39. The summed E-state index contributed by atoms with van der Waals surface area (Å²) in [5.74, 6) is -1.47. The van der Waals surface area contributed by atoms with E-state index in [0.717, 1.165) is 0 Å². The third kappa shape index (κ3) is 1.97. The zero-order chi connectivity index (χ0) is 5.86. The van der Waals surface area contributed by atoms with Gasteiger partial charge in [0.25, 0.3) is 0 Å². The number of aliphatic imine (C=N–C) groups is 1. The first-order valence-electron chi connectivity index (χ1n) is 1.47. The van der Waals surface area contributed by atoms with E-state index in [-0.39, 0.29) is 0 Å². The van der Waals surface area contributed by atoms with Gasteiger partial charge in [-0.05, 0) is 6.72 Å². The molecular weight excluding hydrogens is 104 g/mol. The number of halogens is 2. The van der Waals surface area contributed by atoms with Crippen LogP contribution < -0.4 is 0 Å². The highest BCUT2D eigenvalue weighted by atomic mass is 19.3. The van der Waals surface area contributed by atoms with Crippen LogP contribution in [0, 0.1) is 0 Å². The zero-order valence-electron chi connectivity index (χ0n) is 3.40. The van der Waals surface area contributed by atoms with Crippen LogP contribution in [0.5, 0.6) is 0 Å². The molecular formula is C3H3F2NO. The van der Waals surface area contributed by atoms with Crippen molar-refractivity contribution >= 4 is 12.6 Å². The van der Waals surface area contributed by atoms with Crippen molar-refractivity contribution < 1.29 is 13.6 Å². The van der Waals surface area contributed by atoms with Crippen molar-refractivity contribution in [3.8, 4) is 0 Å². The van der Waals surface area contributed by atoms with Crippen molar-refractivity contribution in [1.29, 1.82) is 0 Å². The Balaban J connectivity index is 3.56. The van der Waals surface area contributed by atoms with E-state index in [9.17, 15) is 13.6 Å². The highest BCUT2D eigenvalue weighted by molar-refractivity contribution is 5.83. The van der Waals surface area contributed by atoms with Crippen LogP contribution in [0.25, 0.3) is 0 Å². The summed E-state index contributed by atoms with van der Waals surface area (Å²) in [7, 11) is 0. The number of carbonyl (C=O) groups is 1. The number of nitrogens with zero attached hydrogens (tertiary/aromatic N) is 1. The second-order valence-corrected chi connectivity index (χ2v) is 0.797. The maximum Gasteiger partial charge on any atom is 0.317 e. The summed E-state index contributed by atoms with van der Waals surface area (Å²) in [6, 6.07) is 0. The topological polar surface area (TPSA) is 29.4 Å². The summed E-state index contributed by atoms with van der Waals surface area (Å²) in [5.41, 5.74) is 0. The maximum absolute atomic E-state index is 10.9. The van der Waals surface area contributed by atoms with Crippen molar-refractivity contribution in [2.75, 3.05) is 0 Å². The summed E-state index contributed by atoms with van der Waals surface area (Å²) < 4.78 is 21.9. The molecule has 0 saturated carbocycles. The van der Waals surface area contributed by atoms with E-state index in [1.54, 1.807) is 0 Å². The highest BCUT2D eigenvalue weighted by Gasteiger charge is 2.10. The Morgan fingerprint density at radius 1 is 1.71 bits per heavy atom.